The van der Waals surface area contributed by atoms with Crippen molar-refractivity contribution in [3.63, 3.8) is 0 Å². The van der Waals surface area contributed by atoms with Crippen LogP contribution in [0.4, 0.5) is 0 Å². The summed E-state index contributed by atoms with van der Waals surface area (Å²) in [4.78, 5) is 0.546. The Labute approximate surface area is 127 Å². The maximum Gasteiger partial charge on any atom is 0.0395 e. The van der Waals surface area contributed by atoms with Crippen LogP contribution in [-0.2, 0) is 12.8 Å². The smallest absolute Gasteiger partial charge is 0.0395 e. The van der Waals surface area contributed by atoms with Gasteiger partial charge in [-0.3, -0.25) is 0 Å². The van der Waals surface area contributed by atoms with Crippen LogP contribution in [0.5, 0.6) is 0 Å². The van der Waals surface area contributed by atoms with Gasteiger partial charge >= 0.3 is 0 Å². The highest BCUT2D eigenvalue weighted by Gasteiger charge is 2.17. The van der Waals surface area contributed by atoms with Crippen molar-refractivity contribution >= 4 is 15.9 Å². The minimum Gasteiger partial charge on any atom is -0.0839 e. The molecule has 0 spiro atoms. The molecule has 1 saturated carbocycles. The van der Waals surface area contributed by atoms with Crippen molar-refractivity contribution in [2.24, 2.45) is 5.92 Å². The normalized spacial score (nSPS) is 17.8. The summed E-state index contributed by atoms with van der Waals surface area (Å²) in [6, 6.07) is 7.08. The third kappa shape index (κ3) is 4.08. The molecule has 19 heavy (non-hydrogen) atoms. The van der Waals surface area contributed by atoms with Crippen LogP contribution >= 0.6 is 15.9 Å². The Kier molecular flexibility index (Phi) is 5.94. The van der Waals surface area contributed by atoms with Crippen LogP contribution in [0.15, 0.2) is 18.2 Å². The van der Waals surface area contributed by atoms with Crippen molar-refractivity contribution in [3.05, 3.63) is 34.9 Å². The van der Waals surface area contributed by atoms with Crippen molar-refractivity contribution in [2.45, 2.75) is 70.0 Å². The highest BCUT2D eigenvalue weighted by molar-refractivity contribution is 9.09. The SMILES string of the molecule is CCc1ccc(C(Br)CCC2CCCC2)cc1CC. The molecule has 0 bridgehead atoms. The fraction of sp³-hybridized carbons (Fsp3) is 0.667. The third-order valence-corrected chi connectivity index (χ3v) is 5.64. The monoisotopic (exact) mass is 322 g/mol. The van der Waals surface area contributed by atoms with E-state index in [0.29, 0.717) is 4.83 Å². The molecular weight excluding hydrogens is 296 g/mol. The predicted molar refractivity (Wildman–Crippen MR) is 88.1 cm³/mol. The maximum absolute atomic E-state index is 3.90. The summed E-state index contributed by atoms with van der Waals surface area (Å²) in [6.45, 7) is 4.51. The van der Waals surface area contributed by atoms with Gasteiger partial charge in [0, 0.05) is 4.83 Å². The highest BCUT2D eigenvalue weighted by atomic mass is 79.9. The molecule has 0 aromatic heterocycles. The van der Waals surface area contributed by atoms with E-state index in [1.807, 2.05) is 0 Å². The minimum atomic E-state index is 0.546. The topological polar surface area (TPSA) is 0 Å². The molecule has 1 aliphatic carbocycles. The molecule has 0 aliphatic heterocycles. The Bertz CT molecular complexity index is 391. The van der Waals surface area contributed by atoms with Gasteiger partial charge in [-0.2, -0.15) is 0 Å². The lowest BCUT2D eigenvalue weighted by atomic mass is 9.95. The first-order valence-corrected chi connectivity index (χ1v) is 8.91. The van der Waals surface area contributed by atoms with Crippen LogP contribution < -0.4 is 0 Å². The zero-order valence-electron chi connectivity index (χ0n) is 12.4. The van der Waals surface area contributed by atoms with E-state index in [1.165, 1.54) is 55.2 Å². The first-order valence-electron chi connectivity index (χ1n) is 8.00. The first kappa shape index (κ1) is 15.1. The number of hydrogen-bond acceptors (Lipinski definition) is 0. The molecule has 1 atom stereocenters. The van der Waals surface area contributed by atoms with E-state index in [1.54, 1.807) is 0 Å². The Hall–Kier alpha value is -0.300. The molecule has 1 fully saturated rings. The number of benzene rings is 1. The molecule has 1 heteroatoms. The molecule has 106 valence electrons. The summed E-state index contributed by atoms with van der Waals surface area (Å²) in [5.41, 5.74) is 4.53. The van der Waals surface area contributed by atoms with Gasteiger partial charge in [0.1, 0.15) is 0 Å². The summed E-state index contributed by atoms with van der Waals surface area (Å²) in [5, 5.41) is 0. The van der Waals surface area contributed by atoms with Crippen LogP contribution in [0.3, 0.4) is 0 Å². The van der Waals surface area contributed by atoms with Gasteiger partial charge in [-0.1, -0.05) is 73.7 Å². The van der Waals surface area contributed by atoms with E-state index < -0.39 is 0 Å². The summed E-state index contributed by atoms with van der Waals surface area (Å²) < 4.78 is 0. The lowest BCUT2D eigenvalue weighted by Crippen LogP contribution is -1.99. The number of halogens is 1. The second-order valence-electron chi connectivity index (χ2n) is 5.93. The Morgan fingerprint density at radius 1 is 1.11 bits per heavy atom. The summed E-state index contributed by atoms with van der Waals surface area (Å²) in [7, 11) is 0. The average molecular weight is 323 g/mol. The van der Waals surface area contributed by atoms with Crippen LogP contribution in [0.2, 0.25) is 0 Å². The van der Waals surface area contributed by atoms with Crippen molar-refractivity contribution in [2.75, 3.05) is 0 Å². The minimum absolute atomic E-state index is 0.546. The molecule has 1 unspecified atom stereocenters. The van der Waals surface area contributed by atoms with Gasteiger partial charge in [0.2, 0.25) is 0 Å². The predicted octanol–water partition coefficient (Wildman–Crippen LogP) is 6.22. The van der Waals surface area contributed by atoms with Crippen molar-refractivity contribution < 1.29 is 0 Å². The van der Waals surface area contributed by atoms with Crippen molar-refractivity contribution in [1.29, 1.82) is 0 Å². The molecule has 1 aliphatic rings. The molecule has 0 saturated heterocycles. The summed E-state index contributed by atoms with van der Waals surface area (Å²) in [5.74, 6) is 1.00. The quantitative estimate of drug-likeness (QED) is 0.545. The largest absolute Gasteiger partial charge is 0.0839 e. The number of aryl methyl sites for hydroxylation is 2. The zero-order chi connectivity index (χ0) is 13.7. The van der Waals surface area contributed by atoms with Gasteiger partial charge in [0.05, 0.1) is 0 Å². The van der Waals surface area contributed by atoms with Crippen LogP contribution in [-0.4, -0.2) is 0 Å². The highest BCUT2D eigenvalue weighted by Crippen LogP contribution is 2.35. The van der Waals surface area contributed by atoms with Gasteiger partial charge < -0.3 is 0 Å². The van der Waals surface area contributed by atoms with E-state index in [-0.39, 0.29) is 0 Å². The van der Waals surface area contributed by atoms with E-state index in [9.17, 15) is 0 Å². The Morgan fingerprint density at radius 2 is 1.79 bits per heavy atom. The van der Waals surface area contributed by atoms with Crippen molar-refractivity contribution in [1.82, 2.24) is 0 Å². The van der Waals surface area contributed by atoms with Crippen molar-refractivity contribution in [3.8, 4) is 0 Å². The molecule has 0 N–H and O–H groups in total. The summed E-state index contributed by atoms with van der Waals surface area (Å²) >= 11 is 3.90. The van der Waals surface area contributed by atoms with E-state index in [0.717, 1.165) is 18.8 Å². The average Bonchev–Trinajstić information content (AvgIpc) is 2.97. The van der Waals surface area contributed by atoms with Crippen LogP contribution in [0.1, 0.15) is 73.9 Å². The Balaban J connectivity index is 1.95. The molecule has 0 radical (unpaired) electrons. The molecule has 0 nitrogen and oxygen atoms in total. The maximum atomic E-state index is 3.90. The molecule has 2 rings (SSSR count). The standard InChI is InChI=1S/C18H27Br/c1-3-15-10-11-17(13-16(15)4-2)18(19)12-9-14-7-5-6-8-14/h10-11,13-14,18H,3-9,12H2,1-2H3. The third-order valence-electron chi connectivity index (χ3n) is 4.66. The molecular formula is C18H27Br. The molecule has 1 aromatic rings. The van der Waals surface area contributed by atoms with Crippen LogP contribution in [0, 0.1) is 5.92 Å². The van der Waals surface area contributed by atoms with E-state index in [4.69, 9.17) is 0 Å². The summed E-state index contributed by atoms with van der Waals surface area (Å²) in [6.07, 6.45) is 10.8. The number of rotatable bonds is 6. The lowest BCUT2D eigenvalue weighted by Gasteiger charge is -2.16. The van der Waals surface area contributed by atoms with E-state index >= 15 is 0 Å². The zero-order valence-corrected chi connectivity index (χ0v) is 14.0. The van der Waals surface area contributed by atoms with Gasteiger partial charge in [-0.25, -0.2) is 0 Å². The fourth-order valence-electron chi connectivity index (χ4n) is 3.36. The van der Waals surface area contributed by atoms with Gasteiger partial charge in [-0.15, -0.1) is 0 Å². The van der Waals surface area contributed by atoms with Gasteiger partial charge in [-0.05, 0) is 48.3 Å². The number of alkyl halides is 1. The molecule has 0 amide bonds. The second-order valence-corrected chi connectivity index (χ2v) is 7.04. The van der Waals surface area contributed by atoms with Crippen LogP contribution in [0.25, 0.3) is 0 Å². The van der Waals surface area contributed by atoms with E-state index in [2.05, 4.69) is 48.0 Å². The lowest BCUT2D eigenvalue weighted by molar-refractivity contribution is 0.483. The van der Waals surface area contributed by atoms with Gasteiger partial charge in [0.25, 0.3) is 0 Å². The fourth-order valence-corrected chi connectivity index (χ4v) is 3.91. The molecule has 0 heterocycles. The number of hydrogen-bond donors (Lipinski definition) is 0. The second kappa shape index (κ2) is 7.47. The molecule has 1 aromatic carbocycles. The Morgan fingerprint density at radius 3 is 2.42 bits per heavy atom. The van der Waals surface area contributed by atoms with Gasteiger partial charge in [0.15, 0.2) is 0 Å². The first-order chi connectivity index (χ1) is 9.24.